The molecule has 2 saturated heterocycles. The molecule has 0 bridgehead atoms. The minimum absolute atomic E-state index is 0.119. The first kappa shape index (κ1) is 19.4. The third kappa shape index (κ3) is 3.84. The lowest BCUT2D eigenvalue weighted by molar-refractivity contribution is -0.169. The molecule has 6 nitrogen and oxygen atoms in total. The molecule has 3 aliphatic heterocycles. The number of nitrogens with zero attached hydrogens (tertiary/aromatic N) is 2. The van der Waals surface area contributed by atoms with Crippen molar-refractivity contribution in [1.82, 2.24) is 9.78 Å². The first-order valence-electron chi connectivity index (χ1n) is 10.5. The monoisotopic (exact) mass is 376 g/mol. The van der Waals surface area contributed by atoms with Crippen LogP contribution >= 0.6 is 0 Å². The Morgan fingerprint density at radius 2 is 1.85 bits per heavy atom. The average Bonchev–Trinajstić information content (AvgIpc) is 2.95. The molecule has 1 atom stereocenters. The number of hydrogen-bond acceptors (Lipinski definition) is 5. The van der Waals surface area contributed by atoms with E-state index in [0.29, 0.717) is 6.61 Å². The predicted molar refractivity (Wildman–Crippen MR) is 104 cm³/mol. The molecule has 0 spiro atoms. The lowest BCUT2D eigenvalue weighted by Gasteiger charge is -2.32. The first-order valence-corrected chi connectivity index (χ1v) is 10.5. The fourth-order valence-electron chi connectivity index (χ4n) is 4.10. The molecule has 0 N–H and O–H groups in total. The van der Waals surface area contributed by atoms with Crippen LogP contribution in [0.2, 0.25) is 0 Å². The second-order valence-corrected chi connectivity index (χ2v) is 9.04. The largest absolute Gasteiger partial charge is 0.498 e. The van der Waals surface area contributed by atoms with E-state index in [0.717, 1.165) is 50.0 Å². The quantitative estimate of drug-likeness (QED) is 0.757. The minimum Gasteiger partial charge on any atom is -0.399 e. The van der Waals surface area contributed by atoms with Gasteiger partial charge in [-0.25, -0.2) is 0 Å². The Hall–Kier alpha value is -0.885. The maximum atomic E-state index is 6.39. The molecule has 150 valence electrons. The molecule has 3 aliphatic rings. The summed E-state index contributed by atoms with van der Waals surface area (Å²) in [5, 5.41) is 4.91. The molecule has 0 aliphatic carbocycles. The zero-order valence-corrected chi connectivity index (χ0v) is 17.3. The highest BCUT2D eigenvalue weighted by molar-refractivity contribution is 6.63. The Morgan fingerprint density at radius 3 is 2.56 bits per heavy atom. The van der Waals surface area contributed by atoms with Crippen molar-refractivity contribution in [3.8, 4) is 0 Å². The molecular formula is C20H33BN2O4. The van der Waals surface area contributed by atoms with E-state index in [1.54, 1.807) is 0 Å². The van der Waals surface area contributed by atoms with Crippen molar-refractivity contribution in [2.24, 2.45) is 0 Å². The Bertz CT molecular complexity index is 651. The zero-order chi connectivity index (χ0) is 19.1. The van der Waals surface area contributed by atoms with Crippen molar-refractivity contribution in [2.75, 3.05) is 6.61 Å². The van der Waals surface area contributed by atoms with E-state index < -0.39 is 0 Å². The van der Waals surface area contributed by atoms with E-state index in [4.69, 9.17) is 23.9 Å². The highest BCUT2D eigenvalue weighted by Gasteiger charge is 2.53. The van der Waals surface area contributed by atoms with Gasteiger partial charge in [0, 0.05) is 24.3 Å². The van der Waals surface area contributed by atoms with E-state index in [1.165, 1.54) is 25.0 Å². The number of hydrogen-bond donors (Lipinski definition) is 0. The molecule has 0 aromatic carbocycles. The van der Waals surface area contributed by atoms with Crippen LogP contribution in [0, 0.1) is 0 Å². The van der Waals surface area contributed by atoms with Gasteiger partial charge in [-0.05, 0) is 66.2 Å². The van der Waals surface area contributed by atoms with E-state index in [9.17, 15) is 0 Å². The fourth-order valence-corrected chi connectivity index (χ4v) is 4.10. The molecule has 7 heteroatoms. The fraction of sp³-hybridized carbons (Fsp3) is 0.850. The van der Waals surface area contributed by atoms with Crippen LogP contribution in [0.5, 0.6) is 0 Å². The van der Waals surface area contributed by atoms with Gasteiger partial charge in [-0.1, -0.05) is 6.42 Å². The van der Waals surface area contributed by atoms with Crippen LogP contribution in [-0.2, 0) is 38.4 Å². The summed E-state index contributed by atoms with van der Waals surface area (Å²) in [5.41, 5.74) is 2.57. The van der Waals surface area contributed by atoms with Crippen molar-refractivity contribution >= 4 is 12.6 Å². The van der Waals surface area contributed by atoms with Gasteiger partial charge in [-0.3, -0.25) is 4.68 Å². The number of rotatable bonds is 4. The summed E-state index contributed by atoms with van der Waals surface area (Å²) in [5.74, 6) is 0. The van der Waals surface area contributed by atoms with E-state index >= 15 is 0 Å². The molecule has 0 radical (unpaired) electrons. The van der Waals surface area contributed by atoms with E-state index in [-0.39, 0.29) is 24.6 Å². The van der Waals surface area contributed by atoms with Crippen LogP contribution in [-0.4, -0.2) is 41.0 Å². The van der Waals surface area contributed by atoms with Gasteiger partial charge in [0.2, 0.25) is 0 Å². The van der Waals surface area contributed by atoms with Gasteiger partial charge >= 0.3 is 7.12 Å². The zero-order valence-electron chi connectivity index (χ0n) is 17.3. The molecule has 27 heavy (non-hydrogen) atoms. The lowest BCUT2D eigenvalue weighted by Crippen LogP contribution is -2.41. The number of aryl methyl sites for hydroxylation is 1. The second kappa shape index (κ2) is 7.50. The van der Waals surface area contributed by atoms with Gasteiger partial charge in [0.05, 0.1) is 23.5 Å². The van der Waals surface area contributed by atoms with Gasteiger partial charge in [0.25, 0.3) is 0 Å². The van der Waals surface area contributed by atoms with Crippen LogP contribution in [0.4, 0.5) is 0 Å². The molecule has 4 heterocycles. The van der Waals surface area contributed by atoms with Crippen molar-refractivity contribution in [1.29, 1.82) is 0 Å². The Kier molecular flexibility index (Phi) is 5.40. The smallest absolute Gasteiger partial charge is 0.399 e. The van der Waals surface area contributed by atoms with Crippen molar-refractivity contribution in [3.05, 3.63) is 11.4 Å². The summed E-state index contributed by atoms with van der Waals surface area (Å²) < 4.78 is 26.7. The highest BCUT2D eigenvalue weighted by atomic mass is 16.7. The molecule has 4 rings (SSSR count). The SMILES string of the molecule is CC1(C)OB(c2c(COC3CCCCO3)nn3c2CCCCC3)OC1(C)C. The number of aromatic nitrogens is 2. The third-order valence-corrected chi connectivity index (χ3v) is 6.49. The van der Waals surface area contributed by atoms with Crippen LogP contribution in [0.25, 0.3) is 0 Å². The summed E-state index contributed by atoms with van der Waals surface area (Å²) in [4.78, 5) is 0. The third-order valence-electron chi connectivity index (χ3n) is 6.49. The van der Waals surface area contributed by atoms with Gasteiger partial charge in [-0.15, -0.1) is 0 Å². The molecule has 2 fully saturated rings. The summed E-state index contributed by atoms with van der Waals surface area (Å²) >= 11 is 0. The summed E-state index contributed by atoms with van der Waals surface area (Å²) in [7, 11) is -0.386. The Labute approximate surface area is 163 Å². The minimum atomic E-state index is -0.386. The molecule has 1 unspecified atom stereocenters. The van der Waals surface area contributed by atoms with Crippen molar-refractivity contribution in [2.45, 2.75) is 103 Å². The van der Waals surface area contributed by atoms with Crippen LogP contribution in [0.3, 0.4) is 0 Å². The second-order valence-electron chi connectivity index (χ2n) is 9.04. The first-order chi connectivity index (χ1) is 12.9. The van der Waals surface area contributed by atoms with E-state index in [1.807, 2.05) is 0 Å². The van der Waals surface area contributed by atoms with Crippen LogP contribution in [0.15, 0.2) is 0 Å². The summed E-state index contributed by atoms with van der Waals surface area (Å²) in [6.45, 7) is 10.6. The Morgan fingerprint density at radius 1 is 1.07 bits per heavy atom. The number of ether oxygens (including phenoxy) is 2. The van der Waals surface area contributed by atoms with Crippen LogP contribution < -0.4 is 5.46 Å². The topological polar surface area (TPSA) is 54.7 Å². The molecular weight excluding hydrogens is 343 g/mol. The highest BCUT2D eigenvalue weighted by Crippen LogP contribution is 2.37. The molecule has 0 amide bonds. The average molecular weight is 376 g/mol. The van der Waals surface area contributed by atoms with E-state index in [2.05, 4.69) is 32.4 Å². The molecule has 1 aromatic heterocycles. The maximum absolute atomic E-state index is 6.39. The standard InChI is InChI=1S/C20H33BN2O4/c1-19(2)20(3,4)27-21(26-19)18-15(14-25-17-11-7-9-13-24-17)22-23-12-8-5-6-10-16(18)23/h17H,5-14H2,1-4H3. The van der Waals surface area contributed by atoms with Gasteiger partial charge in [0.1, 0.15) is 0 Å². The summed E-state index contributed by atoms with van der Waals surface area (Å²) in [6, 6.07) is 0. The van der Waals surface area contributed by atoms with Gasteiger partial charge in [-0.2, -0.15) is 5.10 Å². The molecule has 0 saturated carbocycles. The summed E-state index contributed by atoms with van der Waals surface area (Å²) in [6.07, 6.45) is 7.74. The normalized spacial score (nSPS) is 27.4. The number of fused-ring (bicyclic) bond motifs is 1. The maximum Gasteiger partial charge on any atom is 0.498 e. The van der Waals surface area contributed by atoms with Crippen molar-refractivity contribution < 1.29 is 18.8 Å². The molecule has 1 aromatic rings. The van der Waals surface area contributed by atoms with Gasteiger partial charge in [0.15, 0.2) is 6.29 Å². The van der Waals surface area contributed by atoms with Gasteiger partial charge < -0.3 is 18.8 Å². The van der Waals surface area contributed by atoms with Crippen molar-refractivity contribution in [3.63, 3.8) is 0 Å². The van der Waals surface area contributed by atoms with Crippen LogP contribution in [0.1, 0.15) is 77.6 Å². The Balaban J connectivity index is 1.60. The lowest BCUT2D eigenvalue weighted by atomic mass is 9.76. The predicted octanol–water partition coefficient (Wildman–Crippen LogP) is 2.95.